The summed E-state index contributed by atoms with van der Waals surface area (Å²) in [4.78, 5) is 15.2. The molecular weight excluding hydrogens is 438 g/mol. The number of hydrogen-bond acceptors (Lipinski definition) is 4. The number of aromatic nitrogens is 2. The maximum Gasteiger partial charge on any atom is 0.264 e. The molecule has 3 aromatic rings. The van der Waals surface area contributed by atoms with Crippen molar-refractivity contribution >= 4 is 33.2 Å². The van der Waals surface area contributed by atoms with Gasteiger partial charge in [-0.2, -0.15) is 5.10 Å². The lowest BCUT2D eigenvalue weighted by atomic mass is 10.1. The number of rotatable bonds is 7. The van der Waals surface area contributed by atoms with Gasteiger partial charge >= 0.3 is 0 Å². The van der Waals surface area contributed by atoms with Crippen molar-refractivity contribution < 1.29 is 9.53 Å². The van der Waals surface area contributed by atoms with E-state index in [1.165, 1.54) is 16.9 Å². The largest absolute Gasteiger partial charge is 0.489 e. The van der Waals surface area contributed by atoms with Gasteiger partial charge in [-0.3, -0.25) is 9.48 Å². The van der Waals surface area contributed by atoms with E-state index in [1.807, 2.05) is 41.4 Å². The molecule has 1 amide bonds. The van der Waals surface area contributed by atoms with Gasteiger partial charge < -0.3 is 9.64 Å². The zero-order chi connectivity index (χ0) is 20.3. The summed E-state index contributed by atoms with van der Waals surface area (Å²) < 4.78 is 8.72. The van der Waals surface area contributed by atoms with Crippen LogP contribution in [0.5, 0.6) is 5.75 Å². The summed E-state index contributed by atoms with van der Waals surface area (Å²) in [5, 5.41) is 6.47. The van der Waals surface area contributed by atoms with Crippen LogP contribution in [0, 0.1) is 13.8 Å². The number of benzene rings is 1. The number of carbonyl (C=O) groups is 1. The maximum absolute atomic E-state index is 12.8. The third-order valence-electron chi connectivity index (χ3n) is 4.66. The van der Waals surface area contributed by atoms with E-state index in [4.69, 9.17) is 4.74 Å². The Morgan fingerprint density at radius 3 is 2.86 bits per heavy atom. The van der Waals surface area contributed by atoms with Gasteiger partial charge in [0.2, 0.25) is 0 Å². The van der Waals surface area contributed by atoms with Crippen LogP contribution in [0.3, 0.4) is 0 Å². The van der Waals surface area contributed by atoms with Crippen molar-refractivity contribution in [3.8, 4) is 5.75 Å². The van der Waals surface area contributed by atoms with Gasteiger partial charge in [-0.05, 0) is 65.3 Å². The second-order valence-electron chi connectivity index (χ2n) is 6.75. The van der Waals surface area contributed by atoms with Crippen molar-refractivity contribution in [3.05, 3.63) is 67.6 Å². The van der Waals surface area contributed by atoms with E-state index in [0.29, 0.717) is 18.0 Å². The zero-order valence-electron chi connectivity index (χ0n) is 16.5. The number of thiophene rings is 1. The lowest BCUT2D eigenvalue weighted by Gasteiger charge is -2.15. The molecule has 5 nitrogen and oxygen atoms in total. The molecule has 28 heavy (non-hydrogen) atoms. The van der Waals surface area contributed by atoms with Crippen LogP contribution >= 0.6 is 27.3 Å². The Labute approximate surface area is 178 Å². The van der Waals surface area contributed by atoms with Gasteiger partial charge in [0, 0.05) is 25.4 Å². The van der Waals surface area contributed by atoms with Crippen molar-refractivity contribution in [1.29, 1.82) is 0 Å². The summed E-state index contributed by atoms with van der Waals surface area (Å²) in [5.41, 5.74) is 4.20. The standard InChI is InChI=1S/C21H24BrN3O2S/c1-5-25-10-17(22)18(23-25)11-24(4)21(26)20-9-16(13-28-20)12-27-19-8-6-7-14(2)15(19)3/h6-10,13H,5,11-12H2,1-4H3. The smallest absolute Gasteiger partial charge is 0.264 e. The quantitative estimate of drug-likeness (QED) is 0.485. The fourth-order valence-corrected chi connectivity index (χ4v) is 4.13. The third-order valence-corrected chi connectivity index (χ3v) is 6.29. The normalized spacial score (nSPS) is 10.9. The molecule has 0 aliphatic heterocycles. The molecule has 3 rings (SSSR count). The summed E-state index contributed by atoms with van der Waals surface area (Å²) in [5.74, 6) is 0.869. The van der Waals surface area contributed by atoms with E-state index >= 15 is 0 Å². The van der Waals surface area contributed by atoms with E-state index in [9.17, 15) is 4.79 Å². The van der Waals surface area contributed by atoms with E-state index in [1.54, 1.807) is 11.9 Å². The summed E-state index contributed by atoms with van der Waals surface area (Å²) in [6.45, 7) is 7.86. The first-order chi connectivity index (χ1) is 13.4. The molecule has 148 valence electrons. The van der Waals surface area contributed by atoms with Gasteiger partial charge in [-0.1, -0.05) is 12.1 Å². The van der Waals surface area contributed by atoms with E-state index in [2.05, 4.69) is 40.9 Å². The molecule has 1 aromatic carbocycles. The SMILES string of the molecule is CCn1cc(Br)c(CN(C)C(=O)c2cc(COc3cccc(C)c3C)cs2)n1. The number of amides is 1. The average Bonchev–Trinajstić information content (AvgIpc) is 3.29. The second-order valence-corrected chi connectivity index (χ2v) is 8.51. The van der Waals surface area contributed by atoms with Gasteiger partial charge in [0.05, 0.1) is 21.6 Å². The third kappa shape index (κ3) is 4.64. The lowest BCUT2D eigenvalue weighted by molar-refractivity contribution is 0.0787. The fraction of sp³-hybridized carbons (Fsp3) is 0.333. The van der Waals surface area contributed by atoms with Gasteiger partial charge in [-0.25, -0.2) is 0 Å². The number of halogens is 1. The first-order valence-electron chi connectivity index (χ1n) is 9.12. The first kappa shape index (κ1) is 20.6. The second kappa shape index (κ2) is 8.92. The fourth-order valence-electron chi connectivity index (χ4n) is 2.80. The molecule has 0 spiro atoms. The number of carbonyl (C=O) groups excluding carboxylic acids is 1. The minimum absolute atomic E-state index is 0.0130. The van der Waals surface area contributed by atoms with Crippen LogP contribution in [0.2, 0.25) is 0 Å². The Hall–Kier alpha value is -2.12. The molecule has 0 N–H and O–H groups in total. The Balaban J connectivity index is 1.63. The molecule has 0 atom stereocenters. The summed E-state index contributed by atoms with van der Waals surface area (Å²) in [6, 6.07) is 7.95. The number of ether oxygens (including phenoxy) is 1. The minimum atomic E-state index is -0.0130. The van der Waals surface area contributed by atoms with Crippen molar-refractivity contribution in [2.75, 3.05) is 7.05 Å². The zero-order valence-corrected chi connectivity index (χ0v) is 18.9. The number of nitrogens with zero attached hydrogens (tertiary/aromatic N) is 3. The molecule has 0 fully saturated rings. The maximum atomic E-state index is 12.8. The summed E-state index contributed by atoms with van der Waals surface area (Å²) in [6.07, 6.45) is 1.93. The Morgan fingerprint density at radius 1 is 1.36 bits per heavy atom. The monoisotopic (exact) mass is 461 g/mol. The molecular formula is C21H24BrN3O2S. The predicted molar refractivity (Wildman–Crippen MR) is 116 cm³/mol. The molecule has 2 heterocycles. The van der Waals surface area contributed by atoms with Crippen LogP contribution < -0.4 is 4.74 Å². The van der Waals surface area contributed by atoms with Gasteiger partial charge in [0.1, 0.15) is 12.4 Å². The highest BCUT2D eigenvalue weighted by Crippen LogP contribution is 2.24. The van der Waals surface area contributed by atoms with Gasteiger partial charge in [0.25, 0.3) is 5.91 Å². The topological polar surface area (TPSA) is 47.4 Å². The molecule has 0 unspecified atom stereocenters. The van der Waals surface area contributed by atoms with Crippen LogP contribution in [0.1, 0.15) is 39.0 Å². The van der Waals surface area contributed by atoms with Crippen LogP contribution in [0.15, 0.2) is 40.3 Å². The Kier molecular flexibility index (Phi) is 6.57. The predicted octanol–water partition coefficient (Wildman–Crippen LogP) is 5.20. The van der Waals surface area contributed by atoms with Crippen LogP contribution in [-0.4, -0.2) is 27.6 Å². The minimum Gasteiger partial charge on any atom is -0.489 e. The highest BCUT2D eigenvalue weighted by atomic mass is 79.9. The van der Waals surface area contributed by atoms with Crippen LogP contribution in [0.4, 0.5) is 0 Å². The van der Waals surface area contributed by atoms with E-state index in [-0.39, 0.29) is 5.91 Å². The van der Waals surface area contributed by atoms with E-state index < -0.39 is 0 Å². The lowest BCUT2D eigenvalue weighted by Crippen LogP contribution is -2.25. The van der Waals surface area contributed by atoms with Gasteiger partial charge in [0.15, 0.2) is 0 Å². The highest BCUT2D eigenvalue weighted by molar-refractivity contribution is 9.10. The van der Waals surface area contributed by atoms with Gasteiger partial charge in [-0.15, -0.1) is 11.3 Å². The van der Waals surface area contributed by atoms with Crippen molar-refractivity contribution in [2.45, 2.75) is 40.5 Å². The molecule has 0 aliphatic carbocycles. The van der Waals surface area contributed by atoms with E-state index in [0.717, 1.165) is 33.6 Å². The first-order valence-corrected chi connectivity index (χ1v) is 10.8. The molecule has 7 heteroatoms. The molecule has 0 saturated heterocycles. The molecule has 0 bridgehead atoms. The summed E-state index contributed by atoms with van der Waals surface area (Å²) >= 11 is 4.96. The molecule has 0 saturated carbocycles. The molecule has 0 aliphatic rings. The van der Waals surface area contributed by atoms with Crippen LogP contribution in [0.25, 0.3) is 0 Å². The number of aryl methyl sites for hydroxylation is 2. The molecule has 0 radical (unpaired) electrons. The van der Waals surface area contributed by atoms with Crippen molar-refractivity contribution in [3.63, 3.8) is 0 Å². The van der Waals surface area contributed by atoms with Crippen molar-refractivity contribution in [2.24, 2.45) is 0 Å². The average molecular weight is 462 g/mol. The number of hydrogen-bond donors (Lipinski definition) is 0. The van der Waals surface area contributed by atoms with Crippen molar-refractivity contribution in [1.82, 2.24) is 14.7 Å². The Bertz CT molecular complexity index is 980. The highest BCUT2D eigenvalue weighted by Gasteiger charge is 2.17. The molecule has 2 aromatic heterocycles. The van der Waals surface area contributed by atoms with Crippen LogP contribution in [-0.2, 0) is 19.7 Å². The Morgan fingerprint density at radius 2 is 2.14 bits per heavy atom. The summed E-state index contributed by atoms with van der Waals surface area (Å²) in [7, 11) is 1.80.